The van der Waals surface area contributed by atoms with Crippen molar-refractivity contribution >= 4 is 11.7 Å². The fraction of sp³-hybridized carbons (Fsp3) is 0.500. The molecule has 0 spiro atoms. The van der Waals surface area contributed by atoms with Gasteiger partial charge in [0.25, 0.3) is 0 Å². The number of rotatable bonds is 4. The number of nitrogens with two attached hydrogens (primary N) is 1. The Morgan fingerprint density at radius 3 is 2.53 bits per heavy atom. The van der Waals surface area contributed by atoms with Crippen LogP contribution in [0.5, 0.6) is 0 Å². The largest absolute Gasteiger partial charge is 0.351 e. The second kappa shape index (κ2) is 6.54. The SMILES string of the molecule is CC(NC1CCNCC1)c1ccc(NC(N)=O)cc1. The first-order chi connectivity index (χ1) is 9.15. The van der Waals surface area contributed by atoms with E-state index in [-0.39, 0.29) is 0 Å². The number of carbonyl (C=O) groups excluding carboxylic acids is 1. The summed E-state index contributed by atoms with van der Waals surface area (Å²) in [5.74, 6) is 0. The summed E-state index contributed by atoms with van der Waals surface area (Å²) in [6.07, 6.45) is 2.34. The van der Waals surface area contributed by atoms with Crippen LogP contribution in [0.1, 0.15) is 31.4 Å². The minimum atomic E-state index is -0.534. The van der Waals surface area contributed by atoms with Gasteiger partial charge in [0.1, 0.15) is 0 Å². The van der Waals surface area contributed by atoms with Crippen LogP contribution < -0.4 is 21.7 Å². The molecule has 1 atom stereocenters. The first-order valence-corrected chi connectivity index (χ1v) is 6.78. The van der Waals surface area contributed by atoms with Crippen molar-refractivity contribution in [2.24, 2.45) is 5.73 Å². The van der Waals surface area contributed by atoms with Gasteiger partial charge < -0.3 is 21.7 Å². The Kier molecular flexibility index (Phi) is 4.76. The van der Waals surface area contributed by atoms with Crippen molar-refractivity contribution in [3.05, 3.63) is 29.8 Å². The number of hydrogen-bond donors (Lipinski definition) is 4. The molecule has 1 aliphatic heterocycles. The molecule has 0 aromatic heterocycles. The second-order valence-corrected chi connectivity index (χ2v) is 5.02. The number of benzene rings is 1. The Bertz CT molecular complexity index is 412. The lowest BCUT2D eigenvalue weighted by molar-refractivity contribution is 0.259. The van der Waals surface area contributed by atoms with Gasteiger partial charge in [-0.1, -0.05) is 12.1 Å². The van der Waals surface area contributed by atoms with Crippen LogP contribution in [0.4, 0.5) is 10.5 Å². The highest BCUT2D eigenvalue weighted by atomic mass is 16.2. The molecule has 2 rings (SSSR count). The lowest BCUT2D eigenvalue weighted by atomic mass is 10.0. The number of urea groups is 1. The molecule has 1 saturated heterocycles. The van der Waals surface area contributed by atoms with E-state index in [1.165, 1.54) is 18.4 Å². The van der Waals surface area contributed by atoms with E-state index < -0.39 is 6.03 Å². The number of hydrogen-bond acceptors (Lipinski definition) is 3. The molecule has 1 aromatic rings. The van der Waals surface area contributed by atoms with E-state index in [1.54, 1.807) is 0 Å². The number of primary amides is 1. The van der Waals surface area contributed by atoms with Crippen molar-refractivity contribution in [2.75, 3.05) is 18.4 Å². The van der Waals surface area contributed by atoms with Crippen molar-refractivity contribution < 1.29 is 4.79 Å². The first-order valence-electron chi connectivity index (χ1n) is 6.78. The standard InChI is InChI=1S/C14H22N4O/c1-10(17-13-6-8-16-9-7-13)11-2-4-12(5-3-11)18-14(15)19/h2-5,10,13,16-17H,6-9H2,1H3,(H3,15,18,19). The van der Waals surface area contributed by atoms with Gasteiger partial charge in [0, 0.05) is 17.8 Å². The van der Waals surface area contributed by atoms with E-state index in [9.17, 15) is 4.79 Å². The smallest absolute Gasteiger partial charge is 0.316 e. The minimum Gasteiger partial charge on any atom is -0.351 e. The molecule has 5 N–H and O–H groups in total. The number of amides is 2. The van der Waals surface area contributed by atoms with Crippen LogP contribution in [0.3, 0.4) is 0 Å². The van der Waals surface area contributed by atoms with Crippen molar-refractivity contribution in [1.82, 2.24) is 10.6 Å². The van der Waals surface area contributed by atoms with Gasteiger partial charge in [-0.25, -0.2) is 4.79 Å². The molecule has 0 bridgehead atoms. The number of piperidine rings is 1. The molecule has 5 nitrogen and oxygen atoms in total. The van der Waals surface area contributed by atoms with Crippen molar-refractivity contribution in [3.8, 4) is 0 Å². The van der Waals surface area contributed by atoms with Gasteiger partial charge in [0.15, 0.2) is 0 Å². The van der Waals surface area contributed by atoms with Gasteiger partial charge in [-0.3, -0.25) is 0 Å². The summed E-state index contributed by atoms with van der Waals surface area (Å²) >= 11 is 0. The maximum absolute atomic E-state index is 10.7. The Morgan fingerprint density at radius 1 is 1.32 bits per heavy atom. The van der Waals surface area contributed by atoms with Crippen molar-refractivity contribution in [1.29, 1.82) is 0 Å². The van der Waals surface area contributed by atoms with Gasteiger partial charge in [-0.15, -0.1) is 0 Å². The normalized spacial score (nSPS) is 17.9. The van der Waals surface area contributed by atoms with Gasteiger partial charge in [0.2, 0.25) is 0 Å². The zero-order valence-electron chi connectivity index (χ0n) is 11.3. The minimum absolute atomic E-state index is 0.311. The van der Waals surface area contributed by atoms with Gasteiger partial charge in [0.05, 0.1) is 0 Å². The summed E-state index contributed by atoms with van der Waals surface area (Å²) in [5.41, 5.74) is 7.02. The summed E-state index contributed by atoms with van der Waals surface area (Å²) in [7, 11) is 0. The quantitative estimate of drug-likeness (QED) is 0.665. The summed E-state index contributed by atoms with van der Waals surface area (Å²) in [4.78, 5) is 10.7. The maximum atomic E-state index is 10.7. The van der Waals surface area contributed by atoms with E-state index in [1.807, 2.05) is 24.3 Å². The molecule has 1 aliphatic rings. The van der Waals surface area contributed by atoms with Crippen LogP contribution in [0.2, 0.25) is 0 Å². The van der Waals surface area contributed by atoms with E-state index in [2.05, 4.69) is 22.9 Å². The van der Waals surface area contributed by atoms with Crippen LogP contribution in [0.15, 0.2) is 24.3 Å². The van der Waals surface area contributed by atoms with Gasteiger partial charge >= 0.3 is 6.03 Å². The van der Waals surface area contributed by atoms with Crippen LogP contribution in [-0.4, -0.2) is 25.2 Å². The molecule has 5 heteroatoms. The summed E-state index contributed by atoms with van der Waals surface area (Å²) in [6.45, 7) is 4.34. The molecular weight excluding hydrogens is 240 g/mol. The molecule has 0 aliphatic carbocycles. The average Bonchev–Trinajstić information content (AvgIpc) is 2.40. The molecule has 19 heavy (non-hydrogen) atoms. The lowest BCUT2D eigenvalue weighted by Crippen LogP contribution is -2.40. The first kappa shape index (κ1) is 13.8. The molecule has 1 unspecified atom stereocenters. The van der Waals surface area contributed by atoms with E-state index in [0.717, 1.165) is 18.8 Å². The predicted octanol–water partition coefficient (Wildman–Crippen LogP) is 1.58. The van der Waals surface area contributed by atoms with Crippen LogP contribution in [0.25, 0.3) is 0 Å². The number of anilines is 1. The van der Waals surface area contributed by atoms with Gasteiger partial charge in [-0.05, 0) is 50.6 Å². The molecule has 104 valence electrons. The van der Waals surface area contributed by atoms with Crippen LogP contribution in [-0.2, 0) is 0 Å². The maximum Gasteiger partial charge on any atom is 0.316 e. The zero-order chi connectivity index (χ0) is 13.7. The van der Waals surface area contributed by atoms with E-state index >= 15 is 0 Å². The van der Waals surface area contributed by atoms with Crippen molar-refractivity contribution in [2.45, 2.75) is 31.8 Å². The highest BCUT2D eigenvalue weighted by Crippen LogP contribution is 2.18. The van der Waals surface area contributed by atoms with Gasteiger partial charge in [-0.2, -0.15) is 0 Å². The molecule has 2 amide bonds. The third-order valence-corrected chi connectivity index (χ3v) is 3.50. The number of carbonyl (C=O) groups is 1. The molecule has 1 fully saturated rings. The topological polar surface area (TPSA) is 79.2 Å². The van der Waals surface area contributed by atoms with E-state index in [4.69, 9.17) is 5.73 Å². The van der Waals surface area contributed by atoms with E-state index in [0.29, 0.717) is 12.1 Å². The van der Waals surface area contributed by atoms with Crippen molar-refractivity contribution in [3.63, 3.8) is 0 Å². The number of nitrogens with one attached hydrogen (secondary N) is 3. The Balaban J connectivity index is 1.91. The fourth-order valence-electron chi connectivity index (χ4n) is 2.44. The average molecular weight is 262 g/mol. The molecule has 1 heterocycles. The fourth-order valence-corrected chi connectivity index (χ4v) is 2.44. The summed E-state index contributed by atoms with van der Waals surface area (Å²) in [5, 5.41) is 9.57. The Hall–Kier alpha value is -1.59. The Labute approximate surface area is 113 Å². The van der Waals surface area contributed by atoms with Crippen LogP contribution >= 0.6 is 0 Å². The monoisotopic (exact) mass is 262 g/mol. The molecule has 0 radical (unpaired) electrons. The third kappa shape index (κ3) is 4.22. The third-order valence-electron chi connectivity index (χ3n) is 3.50. The molecular formula is C14H22N4O. The Morgan fingerprint density at radius 2 is 1.95 bits per heavy atom. The van der Waals surface area contributed by atoms with Crippen LogP contribution in [0, 0.1) is 0 Å². The molecule has 1 aromatic carbocycles. The predicted molar refractivity (Wildman–Crippen MR) is 77.1 cm³/mol. The lowest BCUT2D eigenvalue weighted by Gasteiger charge is -2.27. The molecule has 0 saturated carbocycles. The summed E-state index contributed by atoms with van der Waals surface area (Å²) in [6, 6.07) is 8.15. The highest BCUT2D eigenvalue weighted by Gasteiger charge is 2.15. The highest BCUT2D eigenvalue weighted by molar-refractivity contribution is 5.87. The second-order valence-electron chi connectivity index (χ2n) is 5.02. The zero-order valence-corrected chi connectivity index (χ0v) is 11.3. The summed E-state index contributed by atoms with van der Waals surface area (Å²) < 4.78 is 0.